The van der Waals surface area contributed by atoms with Crippen LogP contribution in [0.3, 0.4) is 0 Å². The monoisotopic (exact) mass is 279 g/mol. The van der Waals surface area contributed by atoms with Crippen molar-refractivity contribution in [1.82, 2.24) is 9.97 Å². The zero-order valence-corrected chi connectivity index (χ0v) is 12.4. The number of methoxy groups -OCH3 is 1. The van der Waals surface area contributed by atoms with Gasteiger partial charge >= 0.3 is 0 Å². The van der Waals surface area contributed by atoms with Crippen molar-refractivity contribution in [2.24, 2.45) is 0 Å². The van der Waals surface area contributed by atoms with Gasteiger partial charge in [0.2, 0.25) is 0 Å². The van der Waals surface area contributed by atoms with Crippen molar-refractivity contribution >= 4 is 5.82 Å². The highest BCUT2D eigenvalue weighted by molar-refractivity contribution is 5.46. The van der Waals surface area contributed by atoms with Gasteiger partial charge in [0.15, 0.2) is 0 Å². The van der Waals surface area contributed by atoms with E-state index in [0.717, 1.165) is 38.2 Å². The van der Waals surface area contributed by atoms with Crippen molar-refractivity contribution in [3.8, 4) is 0 Å². The Balaban J connectivity index is 1.75. The fourth-order valence-electron chi connectivity index (χ4n) is 2.48. The first kappa shape index (κ1) is 15.2. The highest BCUT2D eigenvalue weighted by Crippen LogP contribution is 2.23. The Bertz CT molecular complexity index is 399. The molecule has 0 bridgehead atoms. The predicted octanol–water partition coefficient (Wildman–Crippen LogP) is 2.21. The Labute approximate surface area is 121 Å². The molecule has 112 valence electrons. The third-order valence-electron chi connectivity index (χ3n) is 3.56. The molecular formula is C15H25N3O2. The van der Waals surface area contributed by atoms with Crippen LogP contribution in [0, 0.1) is 0 Å². The third-order valence-corrected chi connectivity index (χ3v) is 3.56. The topological polar surface area (TPSA) is 56.3 Å². The molecule has 5 nitrogen and oxygen atoms in total. The van der Waals surface area contributed by atoms with Crippen LogP contribution in [0.25, 0.3) is 0 Å². The van der Waals surface area contributed by atoms with E-state index < -0.39 is 0 Å². The van der Waals surface area contributed by atoms with E-state index in [0.29, 0.717) is 13.2 Å². The number of hydrogen-bond acceptors (Lipinski definition) is 5. The Morgan fingerprint density at radius 1 is 1.10 bits per heavy atom. The van der Waals surface area contributed by atoms with Crippen molar-refractivity contribution in [2.75, 3.05) is 38.8 Å². The number of ether oxygens (including phenoxy) is 2. The van der Waals surface area contributed by atoms with Crippen LogP contribution in [-0.4, -0.2) is 43.4 Å². The first-order chi connectivity index (χ1) is 9.92. The van der Waals surface area contributed by atoms with Gasteiger partial charge in [0.25, 0.3) is 0 Å². The Morgan fingerprint density at radius 2 is 2.00 bits per heavy atom. The maximum atomic E-state index is 5.45. The first-order valence-electron chi connectivity index (χ1n) is 7.55. The van der Waals surface area contributed by atoms with Crippen LogP contribution in [0.2, 0.25) is 0 Å². The highest BCUT2D eigenvalue weighted by atomic mass is 16.5. The van der Waals surface area contributed by atoms with Crippen molar-refractivity contribution in [3.63, 3.8) is 0 Å². The van der Waals surface area contributed by atoms with Crippen molar-refractivity contribution in [3.05, 3.63) is 17.6 Å². The van der Waals surface area contributed by atoms with Crippen LogP contribution in [0.1, 0.15) is 36.9 Å². The molecule has 1 aliphatic rings. The zero-order chi connectivity index (χ0) is 14.0. The third kappa shape index (κ3) is 4.72. The van der Waals surface area contributed by atoms with E-state index in [1.54, 1.807) is 13.4 Å². The number of anilines is 1. The number of aromatic nitrogens is 2. The molecule has 0 unspecified atom stereocenters. The van der Waals surface area contributed by atoms with Gasteiger partial charge in [0.05, 0.1) is 13.2 Å². The van der Waals surface area contributed by atoms with Crippen LogP contribution in [0.4, 0.5) is 5.82 Å². The summed E-state index contributed by atoms with van der Waals surface area (Å²) in [5.41, 5.74) is 2.56. The number of hydrogen-bond donors (Lipinski definition) is 1. The second kappa shape index (κ2) is 8.87. The highest BCUT2D eigenvalue weighted by Gasteiger charge is 2.13. The van der Waals surface area contributed by atoms with Gasteiger partial charge in [-0.25, -0.2) is 9.97 Å². The summed E-state index contributed by atoms with van der Waals surface area (Å²) < 4.78 is 10.4. The summed E-state index contributed by atoms with van der Waals surface area (Å²) in [5, 5.41) is 3.43. The number of nitrogens with one attached hydrogen (secondary N) is 1. The smallest absolute Gasteiger partial charge is 0.132 e. The van der Waals surface area contributed by atoms with Crippen molar-refractivity contribution in [1.29, 1.82) is 0 Å². The molecule has 0 saturated carbocycles. The molecule has 0 spiro atoms. The Morgan fingerprint density at radius 3 is 2.90 bits per heavy atom. The van der Waals surface area contributed by atoms with Gasteiger partial charge in [-0.2, -0.15) is 0 Å². The molecule has 0 radical (unpaired) electrons. The maximum Gasteiger partial charge on any atom is 0.132 e. The minimum atomic E-state index is 0.660. The largest absolute Gasteiger partial charge is 0.382 e. The summed E-state index contributed by atoms with van der Waals surface area (Å²) in [6, 6.07) is 0. The number of nitrogens with zero attached hydrogens (tertiary/aromatic N) is 2. The molecule has 0 saturated heterocycles. The van der Waals surface area contributed by atoms with Crippen LogP contribution in [0.5, 0.6) is 0 Å². The summed E-state index contributed by atoms with van der Waals surface area (Å²) in [6.45, 7) is 2.96. The molecule has 0 aliphatic heterocycles. The van der Waals surface area contributed by atoms with E-state index in [2.05, 4.69) is 15.3 Å². The maximum absolute atomic E-state index is 5.45. The number of aryl methyl sites for hydroxylation is 1. The number of fused-ring (bicyclic) bond motifs is 1. The van der Waals surface area contributed by atoms with Crippen molar-refractivity contribution < 1.29 is 9.47 Å². The van der Waals surface area contributed by atoms with Gasteiger partial charge in [-0.1, -0.05) is 6.42 Å². The molecule has 1 aromatic rings. The first-order valence-corrected chi connectivity index (χ1v) is 7.55. The second-order valence-electron chi connectivity index (χ2n) is 5.09. The second-order valence-corrected chi connectivity index (χ2v) is 5.09. The lowest BCUT2D eigenvalue weighted by Crippen LogP contribution is -2.11. The minimum Gasteiger partial charge on any atom is -0.382 e. The standard InChI is InChI=1S/C15H25N3O2/c1-19-10-11-20-9-5-8-16-15-13-6-3-2-4-7-14(13)17-12-18-15/h12H,2-11H2,1H3,(H,16,17,18). The van der Waals surface area contributed by atoms with Gasteiger partial charge in [-0.15, -0.1) is 0 Å². The summed E-state index contributed by atoms with van der Waals surface area (Å²) >= 11 is 0. The predicted molar refractivity (Wildman–Crippen MR) is 79.1 cm³/mol. The van der Waals surface area contributed by atoms with Crippen molar-refractivity contribution in [2.45, 2.75) is 38.5 Å². The molecule has 1 N–H and O–H groups in total. The molecule has 0 atom stereocenters. The quantitative estimate of drug-likeness (QED) is 0.584. The molecule has 1 aliphatic carbocycles. The van der Waals surface area contributed by atoms with Gasteiger partial charge in [-0.05, 0) is 32.1 Å². The molecule has 5 heteroatoms. The van der Waals surface area contributed by atoms with E-state index in [9.17, 15) is 0 Å². The lowest BCUT2D eigenvalue weighted by Gasteiger charge is -2.12. The lowest BCUT2D eigenvalue weighted by atomic mass is 10.1. The average molecular weight is 279 g/mol. The molecule has 0 aromatic carbocycles. The molecule has 0 fully saturated rings. The summed E-state index contributed by atoms with van der Waals surface area (Å²) in [5.74, 6) is 1.02. The Kier molecular flexibility index (Phi) is 6.74. The SMILES string of the molecule is COCCOCCCNc1ncnc2c1CCCCC2. The van der Waals surface area contributed by atoms with Gasteiger partial charge in [-0.3, -0.25) is 0 Å². The number of rotatable bonds is 8. The lowest BCUT2D eigenvalue weighted by molar-refractivity contribution is 0.0705. The fourth-order valence-corrected chi connectivity index (χ4v) is 2.48. The summed E-state index contributed by atoms with van der Waals surface area (Å²) in [6.07, 6.45) is 8.63. The molecule has 1 aromatic heterocycles. The van der Waals surface area contributed by atoms with E-state index in [-0.39, 0.29) is 0 Å². The molecule has 2 rings (SSSR count). The van der Waals surface area contributed by atoms with E-state index in [1.165, 1.54) is 30.5 Å². The van der Waals surface area contributed by atoms with Gasteiger partial charge < -0.3 is 14.8 Å². The molecule has 0 amide bonds. The van der Waals surface area contributed by atoms with Gasteiger partial charge in [0.1, 0.15) is 12.1 Å². The van der Waals surface area contributed by atoms with Crippen LogP contribution in [-0.2, 0) is 22.3 Å². The zero-order valence-electron chi connectivity index (χ0n) is 12.4. The van der Waals surface area contributed by atoms with Crippen LogP contribution in [0.15, 0.2) is 6.33 Å². The molecule has 20 heavy (non-hydrogen) atoms. The van der Waals surface area contributed by atoms with Gasteiger partial charge in [0, 0.05) is 31.5 Å². The van der Waals surface area contributed by atoms with E-state index in [1.807, 2.05) is 0 Å². The fraction of sp³-hybridized carbons (Fsp3) is 0.733. The molecule has 1 heterocycles. The van der Waals surface area contributed by atoms with Crippen LogP contribution < -0.4 is 5.32 Å². The average Bonchev–Trinajstić information content (AvgIpc) is 2.72. The summed E-state index contributed by atoms with van der Waals surface area (Å²) in [7, 11) is 1.69. The van der Waals surface area contributed by atoms with E-state index >= 15 is 0 Å². The van der Waals surface area contributed by atoms with Crippen LogP contribution >= 0.6 is 0 Å². The normalized spacial score (nSPS) is 14.7. The Hall–Kier alpha value is -1.20. The van der Waals surface area contributed by atoms with E-state index in [4.69, 9.17) is 9.47 Å². The molecular weight excluding hydrogens is 254 g/mol. The summed E-state index contributed by atoms with van der Waals surface area (Å²) in [4.78, 5) is 8.83. The minimum absolute atomic E-state index is 0.660.